The van der Waals surface area contributed by atoms with Crippen molar-refractivity contribution in [3.05, 3.63) is 70.4 Å². The summed E-state index contributed by atoms with van der Waals surface area (Å²) in [5.74, 6) is 1.15. The van der Waals surface area contributed by atoms with Gasteiger partial charge in [0.05, 0.1) is 31.5 Å². The number of aromatic nitrogens is 2. The summed E-state index contributed by atoms with van der Waals surface area (Å²) in [6, 6.07) is 13.5. The lowest BCUT2D eigenvalue weighted by Crippen LogP contribution is -2.22. The first-order valence-electron chi connectivity index (χ1n) is 9.46. The van der Waals surface area contributed by atoms with E-state index >= 15 is 0 Å². The van der Waals surface area contributed by atoms with Gasteiger partial charge < -0.3 is 14.8 Å². The van der Waals surface area contributed by atoms with Crippen molar-refractivity contribution in [3.63, 3.8) is 0 Å². The highest BCUT2D eigenvalue weighted by atomic mass is 35.5. The van der Waals surface area contributed by atoms with Crippen molar-refractivity contribution in [2.24, 2.45) is 0 Å². The number of hydrogen-bond acceptors (Lipinski definition) is 4. The van der Waals surface area contributed by atoms with Gasteiger partial charge in [-0.3, -0.25) is 4.79 Å². The third kappa shape index (κ3) is 3.68. The van der Waals surface area contributed by atoms with Crippen LogP contribution in [0.4, 0.5) is 5.82 Å². The number of fused-ring (bicyclic) bond motifs is 1. The number of hydrogen-bond donors (Lipinski definition) is 1. The molecular formula is C22H22ClN3O3. The molecule has 150 valence electrons. The summed E-state index contributed by atoms with van der Waals surface area (Å²) >= 11 is 6.25. The number of carbonyl (C=O) groups is 1. The first kappa shape index (κ1) is 19.3. The van der Waals surface area contributed by atoms with Gasteiger partial charge in [-0.2, -0.15) is 5.10 Å². The molecule has 1 atom stereocenters. The van der Waals surface area contributed by atoms with E-state index < -0.39 is 0 Å². The fourth-order valence-corrected chi connectivity index (χ4v) is 4.17. The molecule has 0 unspecified atom stereocenters. The molecule has 0 bridgehead atoms. The highest BCUT2D eigenvalue weighted by Crippen LogP contribution is 2.37. The Morgan fingerprint density at radius 1 is 1.21 bits per heavy atom. The molecule has 1 N–H and O–H groups in total. The predicted molar refractivity (Wildman–Crippen MR) is 112 cm³/mol. The summed E-state index contributed by atoms with van der Waals surface area (Å²) in [4.78, 5) is 12.9. The first-order valence-corrected chi connectivity index (χ1v) is 9.84. The Balaban J connectivity index is 1.62. The van der Waals surface area contributed by atoms with Gasteiger partial charge in [-0.15, -0.1) is 0 Å². The molecule has 2 aromatic carbocycles. The average Bonchev–Trinajstić information content (AvgIpc) is 3.20. The minimum absolute atomic E-state index is 0.0965. The monoisotopic (exact) mass is 411 g/mol. The molecule has 0 saturated carbocycles. The predicted octanol–water partition coefficient (Wildman–Crippen LogP) is 4.73. The van der Waals surface area contributed by atoms with E-state index in [2.05, 4.69) is 28.6 Å². The summed E-state index contributed by atoms with van der Waals surface area (Å²) in [7, 11) is 3.01. The van der Waals surface area contributed by atoms with E-state index in [0.29, 0.717) is 27.9 Å². The van der Waals surface area contributed by atoms with Crippen LogP contribution in [0.1, 0.15) is 40.4 Å². The quantitative estimate of drug-likeness (QED) is 0.659. The molecule has 0 aliphatic heterocycles. The molecule has 1 aromatic heterocycles. The van der Waals surface area contributed by atoms with Gasteiger partial charge in [-0.05, 0) is 42.5 Å². The number of halogens is 1. The molecule has 0 spiro atoms. The lowest BCUT2D eigenvalue weighted by atomic mass is 9.88. The van der Waals surface area contributed by atoms with E-state index in [0.717, 1.165) is 19.3 Å². The summed E-state index contributed by atoms with van der Waals surface area (Å²) in [5.41, 5.74) is 2.97. The number of methoxy groups -OCH3 is 2. The van der Waals surface area contributed by atoms with Gasteiger partial charge in [0.25, 0.3) is 5.91 Å². The Bertz CT molecular complexity index is 1050. The van der Waals surface area contributed by atoms with E-state index in [1.807, 2.05) is 10.7 Å². The van der Waals surface area contributed by atoms with Crippen LogP contribution in [0.25, 0.3) is 0 Å². The highest BCUT2D eigenvalue weighted by molar-refractivity contribution is 6.32. The van der Waals surface area contributed by atoms with Crippen LogP contribution in [-0.4, -0.2) is 29.9 Å². The van der Waals surface area contributed by atoms with Gasteiger partial charge in [-0.25, -0.2) is 4.68 Å². The number of anilines is 1. The Morgan fingerprint density at radius 2 is 2.03 bits per heavy atom. The second-order valence-corrected chi connectivity index (χ2v) is 7.32. The van der Waals surface area contributed by atoms with Gasteiger partial charge >= 0.3 is 0 Å². The molecule has 7 heteroatoms. The minimum atomic E-state index is -0.293. The topological polar surface area (TPSA) is 65.4 Å². The Hall–Kier alpha value is -2.99. The van der Waals surface area contributed by atoms with Crippen LogP contribution in [-0.2, 0) is 6.42 Å². The summed E-state index contributed by atoms with van der Waals surface area (Å²) in [6.07, 6.45) is 4.83. The molecule has 1 heterocycles. The molecule has 29 heavy (non-hydrogen) atoms. The standard InChI is InChI=1S/C22H22ClN3O3/c1-28-19-13-15(12-17(23)21(19)29-2)22(27)25-20-10-11-24-26(20)18-9-5-7-14-6-3-4-8-16(14)18/h3-4,6,8,10-13,18H,5,7,9H2,1-2H3,(H,25,27)/t18-/m0/s1. The van der Waals surface area contributed by atoms with Gasteiger partial charge in [-0.1, -0.05) is 35.9 Å². The maximum atomic E-state index is 12.9. The maximum absolute atomic E-state index is 12.9. The molecule has 1 aliphatic carbocycles. The zero-order chi connectivity index (χ0) is 20.4. The number of benzene rings is 2. The Labute approximate surface area is 174 Å². The van der Waals surface area contributed by atoms with Gasteiger partial charge in [0, 0.05) is 11.6 Å². The van der Waals surface area contributed by atoms with E-state index in [9.17, 15) is 4.79 Å². The van der Waals surface area contributed by atoms with Crippen molar-refractivity contribution < 1.29 is 14.3 Å². The second kappa shape index (κ2) is 8.17. The van der Waals surface area contributed by atoms with Crippen molar-refractivity contribution in [1.82, 2.24) is 9.78 Å². The molecule has 0 fully saturated rings. The van der Waals surface area contributed by atoms with Crippen molar-refractivity contribution in [3.8, 4) is 11.5 Å². The fourth-order valence-electron chi connectivity index (χ4n) is 3.88. The number of nitrogens with zero attached hydrogens (tertiary/aromatic N) is 2. The van der Waals surface area contributed by atoms with Crippen molar-refractivity contribution in [2.75, 3.05) is 19.5 Å². The number of rotatable bonds is 5. The summed E-state index contributed by atoms with van der Waals surface area (Å²) in [5, 5.41) is 7.76. The molecule has 6 nitrogen and oxygen atoms in total. The minimum Gasteiger partial charge on any atom is -0.493 e. The molecule has 0 radical (unpaired) electrons. The van der Waals surface area contributed by atoms with E-state index in [1.54, 1.807) is 24.4 Å². The number of nitrogens with one attached hydrogen (secondary N) is 1. The largest absolute Gasteiger partial charge is 0.493 e. The molecule has 4 rings (SSSR count). The molecule has 1 aliphatic rings. The van der Waals surface area contributed by atoms with E-state index in [1.165, 1.54) is 25.3 Å². The number of carbonyl (C=O) groups excluding carboxylic acids is 1. The fraction of sp³-hybridized carbons (Fsp3) is 0.273. The smallest absolute Gasteiger partial charge is 0.257 e. The molecule has 0 saturated heterocycles. The van der Waals surface area contributed by atoms with Gasteiger partial charge in [0.1, 0.15) is 5.82 Å². The molecular weight excluding hydrogens is 390 g/mol. The summed E-state index contributed by atoms with van der Waals surface area (Å²) in [6.45, 7) is 0. The maximum Gasteiger partial charge on any atom is 0.257 e. The van der Waals surface area contributed by atoms with E-state index in [-0.39, 0.29) is 11.9 Å². The van der Waals surface area contributed by atoms with Crippen LogP contribution in [0, 0.1) is 0 Å². The first-order chi connectivity index (χ1) is 14.1. The number of aryl methyl sites for hydroxylation is 1. The van der Waals surface area contributed by atoms with E-state index in [4.69, 9.17) is 21.1 Å². The zero-order valence-corrected chi connectivity index (χ0v) is 17.1. The normalized spacial score (nSPS) is 15.5. The number of amides is 1. The highest BCUT2D eigenvalue weighted by Gasteiger charge is 2.24. The van der Waals surface area contributed by atoms with Crippen LogP contribution in [0.2, 0.25) is 5.02 Å². The van der Waals surface area contributed by atoms with Crippen molar-refractivity contribution in [1.29, 1.82) is 0 Å². The third-order valence-electron chi connectivity index (χ3n) is 5.24. The van der Waals surface area contributed by atoms with Crippen LogP contribution < -0.4 is 14.8 Å². The van der Waals surface area contributed by atoms with Crippen LogP contribution in [0.3, 0.4) is 0 Å². The van der Waals surface area contributed by atoms with Crippen LogP contribution in [0.5, 0.6) is 11.5 Å². The average molecular weight is 412 g/mol. The second-order valence-electron chi connectivity index (χ2n) is 6.92. The number of ether oxygens (including phenoxy) is 2. The van der Waals surface area contributed by atoms with Crippen LogP contribution >= 0.6 is 11.6 Å². The van der Waals surface area contributed by atoms with Gasteiger partial charge in [0.2, 0.25) is 0 Å². The lowest BCUT2D eigenvalue weighted by Gasteiger charge is -2.27. The van der Waals surface area contributed by atoms with Gasteiger partial charge in [0.15, 0.2) is 11.5 Å². The van der Waals surface area contributed by atoms with Crippen LogP contribution in [0.15, 0.2) is 48.7 Å². The van der Waals surface area contributed by atoms with Crippen molar-refractivity contribution in [2.45, 2.75) is 25.3 Å². The van der Waals surface area contributed by atoms with Crippen molar-refractivity contribution >= 4 is 23.3 Å². The Morgan fingerprint density at radius 3 is 2.83 bits per heavy atom. The SMILES string of the molecule is COc1cc(C(=O)Nc2ccnn2[C@H]2CCCc3ccccc32)cc(Cl)c1OC. The third-order valence-corrected chi connectivity index (χ3v) is 5.52. The Kier molecular flexibility index (Phi) is 5.45. The zero-order valence-electron chi connectivity index (χ0n) is 16.3. The molecule has 1 amide bonds. The molecule has 3 aromatic rings. The lowest BCUT2D eigenvalue weighted by molar-refractivity contribution is 0.102. The summed E-state index contributed by atoms with van der Waals surface area (Å²) < 4.78 is 12.4.